The second kappa shape index (κ2) is 6.37. The van der Waals surface area contributed by atoms with E-state index in [1.54, 1.807) is 0 Å². The Morgan fingerprint density at radius 2 is 2.37 bits per heavy atom. The maximum Gasteiger partial charge on any atom is 0.223 e. The van der Waals surface area contributed by atoms with Gasteiger partial charge in [0.05, 0.1) is 0 Å². The fourth-order valence-electron chi connectivity index (χ4n) is 3.00. The number of likely N-dealkylation sites (tertiary alicyclic amines) is 1. The van der Waals surface area contributed by atoms with Gasteiger partial charge in [-0.3, -0.25) is 9.59 Å². The molecular formula is C14H25N3O2. The monoisotopic (exact) mass is 267 g/mol. The number of amides is 2. The van der Waals surface area contributed by atoms with E-state index in [1.165, 1.54) is 0 Å². The van der Waals surface area contributed by atoms with Crippen LogP contribution in [0.5, 0.6) is 0 Å². The van der Waals surface area contributed by atoms with Crippen LogP contribution >= 0.6 is 0 Å². The summed E-state index contributed by atoms with van der Waals surface area (Å²) in [5.41, 5.74) is 0. The van der Waals surface area contributed by atoms with Crippen molar-refractivity contribution >= 4 is 11.8 Å². The van der Waals surface area contributed by atoms with Gasteiger partial charge in [-0.25, -0.2) is 0 Å². The van der Waals surface area contributed by atoms with Gasteiger partial charge < -0.3 is 15.5 Å². The standard InChI is InChI=1S/C14H25N3O2/c1-10-8-12(5-6-15-10)14(19)16-11(2)9-17-7-3-4-13(17)18/h10-12,15H,3-9H2,1-2H3,(H,16,19)/t10-,11?,12-/m0/s1. The molecular weight excluding hydrogens is 242 g/mol. The number of hydrogen-bond acceptors (Lipinski definition) is 3. The fourth-order valence-corrected chi connectivity index (χ4v) is 3.00. The first kappa shape index (κ1) is 14.3. The number of piperidine rings is 1. The van der Waals surface area contributed by atoms with Crippen LogP contribution in [0.3, 0.4) is 0 Å². The SMILES string of the molecule is CC(CN1CCCC1=O)NC(=O)[C@H]1CCN[C@@H](C)C1. The van der Waals surface area contributed by atoms with Gasteiger partial charge in [0.25, 0.3) is 0 Å². The van der Waals surface area contributed by atoms with Gasteiger partial charge in [-0.05, 0) is 39.7 Å². The highest BCUT2D eigenvalue weighted by atomic mass is 16.2. The van der Waals surface area contributed by atoms with Gasteiger partial charge in [0.15, 0.2) is 0 Å². The summed E-state index contributed by atoms with van der Waals surface area (Å²) in [5.74, 6) is 0.483. The summed E-state index contributed by atoms with van der Waals surface area (Å²) in [6, 6.07) is 0.458. The highest BCUT2D eigenvalue weighted by molar-refractivity contribution is 5.80. The van der Waals surface area contributed by atoms with E-state index < -0.39 is 0 Å². The molecule has 0 radical (unpaired) electrons. The van der Waals surface area contributed by atoms with Crippen molar-refractivity contribution in [3.63, 3.8) is 0 Å². The summed E-state index contributed by atoms with van der Waals surface area (Å²) in [4.78, 5) is 25.6. The van der Waals surface area contributed by atoms with Gasteiger partial charge in [0.1, 0.15) is 0 Å². The molecule has 0 aromatic heterocycles. The number of carbonyl (C=O) groups is 2. The van der Waals surface area contributed by atoms with Gasteiger partial charge in [0, 0.05) is 37.5 Å². The van der Waals surface area contributed by atoms with E-state index in [2.05, 4.69) is 17.6 Å². The molecule has 0 spiro atoms. The second-order valence-corrected chi connectivity index (χ2v) is 5.93. The third-order valence-corrected chi connectivity index (χ3v) is 4.05. The molecule has 2 rings (SSSR count). The molecule has 0 bridgehead atoms. The van der Waals surface area contributed by atoms with Crippen LogP contribution in [-0.2, 0) is 9.59 Å². The van der Waals surface area contributed by atoms with Crippen LogP contribution in [0.4, 0.5) is 0 Å². The first-order valence-electron chi connectivity index (χ1n) is 7.38. The number of hydrogen-bond donors (Lipinski definition) is 2. The minimum absolute atomic E-state index is 0.0414. The lowest BCUT2D eigenvalue weighted by atomic mass is 9.92. The van der Waals surface area contributed by atoms with E-state index in [0.29, 0.717) is 19.0 Å². The highest BCUT2D eigenvalue weighted by Gasteiger charge is 2.27. The molecule has 0 aromatic carbocycles. The van der Waals surface area contributed by atoms with Gasteiger partial charge in [0.2, 0.25) is 11.8 Å². The molecule has 5 heteroatoms. The Morgan fingerprint density at radius 1 is 1.58 bits per heavy atom. The zero-order valence-electron chi connectivity index (χ0n) is 11.9. The highest BCUT2D eigenvalue weighted by Crippen LogP contribution is 2.16. The normalized spacial score (nSPS) is 29.4. The number of rotatable bonds is 4. The van der Waals surface area contributed by atoms with Crippen LogP contribution in [0.2, 0.25) is 0 Å². The van der Waals surface area contributed by atoms with Crippen LogP contribution in [0.25, 0.3) is 0 Å². The third-order valence-electron chi connectivity index (χ3n) is 4.05. The maximum absolute atomic E-state index is 12.2. The lowest BCUT2D eigenvalue weighted by Gasteiger charge is -2.29. The minimum atomic E-state index is 0.0414. The van der Waals surface area contributed by atoms with Gasteiger partial charge in [-0.2, -0.15) is 0 Å². The van der Waals surface area contributed by atoms with Crippen molar-refractivity contribution in [2.45, 2.75) is 51.6 Å². The third kappa shape index (κ3) is 3.93. The molecule has 0 saturated carbocycles. The molecule has 2 saturated heterocycles. The molecule has 2 heterocycles. The van der Waals surface area contributed by atoms with E-state index in [0.717, 1.165) is 32.4 Å². The predicted octanol–water partition coefficient (Wildman–Crippen LogP) is 0.502. The van der Waals surface area contributed by atoms with Crippen molar-refractivity contribution < 1.29 is 9.59 Å². The molecule has 2 amide bonds. The summed E-state index contributed by atoms with van der Waals surface area (Å²) in [6.45, 7) is 6.49. The Bertz CT molecular complexity index is 346. The van der Waals surface area contributed by atoms with E-state index in [-0.39, 0.29) is 23.8 Å². The zero-order chi connectivity index (χ0) is 13.8. The van der Waals surface area contributed by atoms with Crippen LogP contribution in [0.1, 0.15) is 39.5 Å². The average Bonchev–Trinajstić information content (AvgIpc) is 2.75. The Morgan fingerprint density at radius 3 is 3.00 bits per heavy atom. The molecule has 2 aliphatic rings. The second-order valence-electron chi connectivity index (χ2n) is 5.93. The quantitative estimate of drug-likeness (QED) is 0.780. The van der Waals surface area contributed by atoms with E-state index in [9.17, 15) is 9.59 Å². The molecule has 1 unspecified atom stereocenters. The summed E-state index contributed by atoms with van der Waals surface area (Å²) < 4.78 is 0. The van der Waals surface area contributed by atoms with Gasteiger partial charge >= 0.3 is 0 Å². The number of nitrogens with zero attached hydrogens (tertiary/aromatic N) is 1. The fraction of sp³-hybridized carbons (Fsp3) is 0.857. The Hall–Kier alpha value is -1.10. The maximum atomic E-state index is 12.2. The van der Waals surface area contributed by atoms with E-state index in [1.807, 2.05) is 11.8 Å². The minimum Gasteiger partial charge on any atom is -0.352 e. The smallest absolute Gasteiger partial charge is 0.223 e. The molecule has 19 heavy (non-hydrogen) atoms. The average molecular weight is 267 g/mol. The van der Waals surface area contributed by atoms with Crippen LogP contribution in [0.15, 0.2) is 0 Å². The zero-order valence-corrected chi connectivity index (χ0v) is 11.9. The summed E-state index contributed by atoms with van der Waals surface area (Å²) in [5, 5.41) is 6.41. The summed E-state index contributed by atoms with van der Waals surface area (Å²) in [7, 11) is 0. The van der Waals surface area contributed by atoms with Gasteiger partial charge in [-0.1, -0.05) is 0 Å². The molecule has 0 aliphatic carbocycles. The molecule has 2 N–H and O–H groups in total. The van der Waals surface area contributed by atoms with Crippen LogP contribution in [-0.4, -0.2) is 48.4 Å². The van der Waals surface area contributed by atoms with Gasteiger partial charge in [-0.15, -0.1) is 0 Å². The number of carbonyl (C=O) groups excluding carboxylic acids is 2. The predicted molar refractivity (Wildman–Crippen MR) is 73.6 cm³/mol. The van der Waals surface area contributed by atoms with Crippen molar-refractivity contribution in [1.82, 2.24) is 15.5 Å². The lowest BCUT2D eigenvalue weighted by molar-refractivity contribution is -0.130. The molecule has 0 aromatic rings. The Labute approximate surface area is 115 Å². The molecule has 2 aliphatic heterocycles. The number of nitrogens with one attached hydrogen (secondary N) is 2. The van der Waals surface area contributed by atoms with Crippen molar-refractivity contribution in [3.8, 4) is 0 Å². The van der Waals surface area contributed by atoms with Crippen molar-refractivity contribution in [2.75, 3.05) is 19.6 Å². The largest absolute Gasteiger partial charge is 0.352 e. The molecule has 5 nitrogen and oxygen atoms in total. The van der Waals surface area contributed by atoms with Crippen molar-refractivity contribution in [2.24, 2.45) is 5.92 Å². The van der Waals surface area contributed by atoms with Crippen LogP contribution < -0.4 is 10.6 Å². The van der Waals surface area contributed by atoms with Crippen molar-refractivity contribution in [1.29, 1.82) is 0 Å². The molecule has 108 valence electrons. The summed E-state index contributed by atoms with van der Waals surface area (Å²) in [6.07, 6.45) is 3.42. The first-order valence-corrected chi connectivity index (χ1v) is 7.38. The first-order chi connectivity index (χ1) is 9.06. The molecule has 2 fully saturated rings. The Balaban J connectivity index is 1.76. The van der Waals surface area contributed by atoms with E-state index >= 15 is 0 Å². The lowest BCUT2D eigenvalue weighted by Crippen LogP contribution is -2.47. The van der Waals surface area contributed by atoms with E-state index in [4.69, 9.17) is 0 Å². The Kier molecular flexibility index (Phi) is 4.80. The molecule has 3 atom stereocenters. The van der Waals surface area contributed by atoms with Crippen LogP contribution in [0, 0.1) is 5.92 Å². The van der Waals surface area contributed by atoms with Crippen molar-refractivity contribution in [3.05, 3.63) is 0 Å². The topological polar surface area (TPSA) is 61.4 Å². The summed E-state index contributed by atoms with van der Waals surface area (Å²) >= 11 is 0.